The van der Waals surface area contributed by atoms with Crippen LogP contribution in [0.25, 0.3) is 17.2 Å². The largest absolute Gasteiger partial charge is 0.342 e. The predicted octanol–water partition coefficient (Wildman–Crippen LogP) is 2.50. The fourth-order valence-corrected chi connectivity index (χ4v) is 3.18. The van der Waals surface area contributed by atoms with Crippen molar-refractivity contribution in [2.24, 2.45) is 0 Å². The van der Waals surface area contributed by atoms with Crippen molar-refractivity contribution < 1.29 is 9.32 Å². The first-order valence-electron chi connectivity index (χ1n) is 8.30. The Hall–Kier alpha value is -2.70. The number of rotatable bonds is 3. The van der Waals surface area contributed by atoms with Crippen LogP contribution in [-0.2, 0) is 4.79 Å². The van der Waals surface area contributed by atoms with Crippen molar-refractivity contribution in [1.82, 2.24) is 24.4 Å². The molecule has 7 heteroatoms. The van der Waals surface area contributed by atoms with E-state index < -0.39 is 0 Å². The highest BCUT2D eigenvalue weighted by Crippen LogP contribution is 2.27. The second-order valence-corrected chi connectivity index (χ2v) is 6.08. The van der Waals surface area contributed by atoms with E-state index in [4.69, 9.17) is 4.52 Å². The van der Waals surface area contributed by atoms with Gasteiger partial charge in [-0.1, -0.05) is 18.1 Å². The van der Waals surface area contributed by atoms with Gasteiger partial charge in [0.1, 0.15) is 11.3 Å². The maximum Gasteiger partial charge on any atom is 0.231 e. The standard InChI is InChI=1S/C17H19N5O2/c1-2-15(23)22-9-5-6-12(10-22)17-19-16(20-24-17)13-11-21-8-4-3-7-14(21)18-13/h3-4,7-8,11-12H,2,5-6,9-10H2,1H3/t12-/m1/s1. The summed E-state index contributed by atoms with van der Waals surface area (Å²) in [5, 5.41) is 4.08. The summed E-state index contributed by atoms with van der Waals surface area (Å²) in [6.45, 7) is 3.36. The van der Waals surface area contributed by atoms with Gasteiger partial charge in [0.2, 0.25) is 17.6 Å². The van der Waals surface area contributed by atoms with Crippen LogP contribution in [0.3, 0.4) is 0 Å². The molecule has 24 heavy (non-hydrogen) atoms. The summed E-state index contributed by atoms with van der Waals surface area (Å²) in [7, 11) is 0. The molecule has 0 aliphatic carbocycles. The molecule has 0 radical (unpaired) electrons. The summed E-state index contributed by atoms with van der Waals surface area (Å²) >= 11 is 0. The van der Waals surface area contributed by atoms with Crippen LogP contribution in [0.2, 0.25) is 0 Å². The summed E-state index contributed by atoms with van der Waals surface area (Å²) in [5.74, 6) is 1.37. The topological polar surface area (TPSA) is 76.5 Å². The summed E-state index contributed by atoms with van der Waals surface area (Å²) in [5.41, 5.74) is 1.53. The van der Waals surface area contributed by atoms with E-state index in [2.05, 4.69) is 15.1 Å². The second kappa shape index (κ2) is 6.07. The Morgan fingerprint density at radius 2 is 2.29 bits per heavy atom. The lowest BCUT2D eigenvalue weighted by Gasteiger charge is -2.30. The zero-order chi connectivity index (χ0) is 16.5. The third kappa shape index (κ3) is 2.66. The highest BCUT2D eigenvalue weighted by atomic mass is 16.5. The smallest absolute Gasteiger partial charge is 0.231 e. The average Bonchev–Trinajstić information content (AvgIpc) is 3.27. The Labute approximate surface area is 139 Å². The van der Waals surface area contributed by atoms with Crippen molar-refractivity contribution in [1.29, 1.82) is 0 Å². The molecule has 3 aromatic heterocycles. The minimum absolute atomic E-state index is 0.104. The van der Waals surface area contributed by atoms with E-state index in [9.17, 15) is 4.79 Å². The monoisotopic (exact) mass is 325 g/mol. The van der Waals surface area contributed by atoms with E-state index in [-0.39, 0.29) is 11.8 Å². The van der Waals surface area contributed by atoms with Gasteiger partial charge in [0.15, 0.2) is 0 Å². The number of hydrogen-bond donors (Lipinski definition) is 0. The SMILES string of the molecule is CCC(=O)N1CCC[C@@H](c2nc(-c3cn4ccccc4n3)no2)C1. The highest BCUT2D eigenvalue weighted by Gasteiger charge is 2.28. The van der Waals surface area contributed by atoms with Crippen LogP contribution in [0, 0.1) is 0 Å². The van der Waals surface area contributed by atoms with Crippen molar-refractivity contribution in [3.63, 3.8) is 0 Å². The van der Waals surface area contributed by atoms with Gasteiger partial charge >= 0.3 is 0 Å². The molecule has 0 N–H and O–H groups in total. The number of amides is 1. The molecule has 0 aromatic carbocycles. The van der Waals surface area contributed by atoms with Crippen LogP contribution in [-0.4, -0.2) is 43.4 Å². The molecule has 1 aliphatic heterocycles. The van der Waals surface area contributed by atoms with E-state index in [1.54, 1.807) is 0 Å². The molecule has 1 saturated heterocycles. The summed E-state index contributed by atoms with van der Waals surface area (Å²) < 4.78 is 7.39. The van der Waals surface area contributed by atoms with Crippen molar-refractivity contribution >= 4 is 11.6 Å². The fourth-order valence-electron chi connectivity index (χ4n) is 3.18. The number of likely N-dealkylation sites (tertiary alicyclic amines) is 1. The number of pyridine rings is 1. The van der Waals surface area contributed by atoms with Gasteiger partial charge in [0.25, 0.3) is 0 Å². The third-order valence-electron chi connectivity index (χ3n) is 4.46. The van der Waals surface area contributed by atoms with Crippen molar-refractivity contribution in [2.45, 2.75) is 32.1 Å². The first-order chi connectivity index (χ1) is 11.7. The predicted molar refractivity (Wildman–Crippen MR) is 87.3 cm³/mol. The maximum atomic E-state index is 11.9. The molecule has 0 unspecified atom stereocenters. The van der Waals surface area contributed by atoms with Crippen molar-refractivity contribution in [3.8, 4) is 11.5 Å². The molecule has 0 bridgehead atoms. The molecule has 0 spiro atoms. The van der Waals surface area contributed by atoms with Crippen LogP contribution >= 0.6 is 0 Å². The Balaban J connectivity index is 1.57. The molecule has 4 heterocycles. The Morgan fingerprint density at radius 1 is 1.38 bits per heavy atom. The second-order valence-electron chi connectivity index (χ2n) is 6.08. The number of fused-ring (bicyclic) bond motifs is 1. The molecule has 1 aliphatic rings. The number of piperidine rings is 1. The molecule has 1 amide bonds. The minimum Gasteiger partial charge on any atom is -0.342 e. The normalized spacial score (nSPS) is 18.2. The molecule has 1 atom stereocenters. The summed E-state index contributed by atoms with van der Waals surface area (Å²) in [6.07, 6.45) is 6.27. The van der Waals surface area contributed by atoms with Gasteiger partial charge in [-0.2, -0.15) is 4.98 Å². The Morgan fingerprint density at radius 3 is 3.12 bits per heavy atom. The highest BCUT2D eigenvalue weighted by molar-refractivity contribution is 5.76. The van der Waals surface area contributed by atoms with E-state index in [0.29, 0.717) is 30.4 Å². The summed E-state index contributed by atoms with van der Waals surface area (Å²) in [4.78, 5) is 22.8. The number of hydrogen-bond acceptors (Lipinski definition) is 5. The molecular weight excluding hydrogens is 306 g/mol. The fraction of sp³-hybridized carbons (Fsp3) is 0.412. The molecule has 1 fully saturated rings. The van der Waals surface area contributed by atoms with Gasteiger partial charge in [0.05, 0.1) is 5.92 Å². The zero-order valence-corrected chi connectivity index (χ0v) is 13.6. The number of imidazole rings is 1. The van der Waals surface area contributed by atoms with E-state index in [1.807, 2.05) is 46.8 Å². The lowest BCUT2D eigenvalue weighted by Crippen LogP contribution is -2.38. The minimum atomic E-state index is 0.104. The average molecular weight is 325 g/mol. The number of carbonyl (C=O) groups is 1. The molecule has 3 aromatic rings. The van der Waals surface area contributed by atoms with Crippen molar-refractivity contribution in [2.75, 3.05) is 13.1 Å². The van der Waals surface area contributed by atoms with Crippen LogP contribution in [0.4, 0.5) is 0 Å². The van der Waals surface area contributed by atoms with Gasteiger partial charge in [-0.25, -0.2) is 4.98 Å². The summed E-state index contributed by atoms with van der Waals surface area (Å²) in [6, 6.07) is 5.82. The molecule has 124 valence electrons. The van der Waals surface area contributed by atoms with Gasteiger partial charge in [-0.15, -0.1) is 0 Å². The molecule has 4 rings (SSSR count). The number of nitrogens with zero attached hydrogens (tertiary/aromatic N) is 5. The van der Waals surface area contributed by atoms with E-state index in [1.165, 1.54) is 0 Å². The number of aromatic nitrogens is 4. The first kappa shape index (κ1) is 14.9. The van der Waals surface area contributed by atoms with E-state index >= 15 is 0 Å². The zero-order valence-electron chi connectivity index (χ0n) is 13.6. The van der Waals surface area contributed by atoms with Gasteiger partial charge < -0.3 is 13.8 Å². The van der Waals surface area contributed by atoms with Crippen LogP contribution in [0.5, 0.6) is 0 Å². The van der Waals surface area contributed by atoms with Gasteiger partial charge in [-0.3, -0.25) is 4.79 Å². The van der Waals surface area contributed by atoms with Crippen molar-refractivity contribution in [3.05, 3.63) is 36.5 Å². The van der Waals surface area contributed by atoms with Crippen LogP contribution < -0.4 is 0 Å². The maximum absolute atomic E-state index is 11.9. The van der Waals surface area contributed by atoms with Gasteiger partial charge in [-0.05, 0) is 25.0 Å². The van der Waals surface area contributed by atoms with Gasteiger partial charge in [0, 0.05) is 31.9 Å². The number of carbonyl (C=O) groups excluding carboxylic acids is 1. The first-order valence-corrected chi connectivity index (χ1v) is 8.30. The van der Waals surface area contributed by atoms with E-state index in [0.717, 1.165) is 25.0 Å². The van der Waals surface area contributed by atoms with Crippen LogP contribution in [0.15, 0.2) is 35.1 Å². The Bertz CT molecular complexity index is 836. The van der Waals surface area contributed by atoms with Crippen LogP contribution in [0.1, 0.15) is 38.0 Å². The lowest BCUT2D eigenvalue weighted by molar-refractivity contribution is -0.132. The molecule has 0 saturated carbocycles. The quantitative estimate of drug-likeness (QED) is 0.739. The lowest BCUT2D eigenvalue weighted by atomic mass is 9.98. The third-order valence-corrected chi connectivity index (χ3v) is 4.46. The molecular formula is C17H19N5O2. The Kier molecular flexibility index (Phi) is 3.76. The molecule has 7 nitrogen and oxygen atoms in total.